The minimum absolute atomic E-state index is 0.0563. The molecule has 1 aliphatic heterocycles. The van der Waals surface area contributed by atoms with E-state index in [2.05, 4.69) is 11.1 Å². The van der Waals surface area contributed by atoms with Crippen LogP contribution in [0.25, 0.3) is 10.9 Å². The number of rotatable bonds is 2. The lowest BCUT2D eigenvalue weighted by Gasteiger charge is -2.30. The van der Waals surface area contributed by atoms with Gasteiger partial charge in [0.05, 0.1) is 5.92 Å². The number of H-pyrrole nitrogens is 1. The molecule has 5 nitrogen and oxygen atoms in total. The normalized spacial score (nSPS) is 18.6. The van der Waals surface area contributed by atoms with Gasteiger partial charge in [0.15, 0.2) is 0 Å². The quantitative estimate of drug-likeness (QED) is 0.891. The second-order valence-electron chi connectivity index (χ2n) is 6.22. The molecule has 0 radical (unpaired) electrons. The molecule has 1 aromatic heterocycles. The molecule has 0 aliphatic carbocycles. The Morgan fingerprint density at radius 3 is 2.77 bits per heavy atom. The lowest BCUT2D eigenvalue weighted by Crippen LogP contribution is -2.44. The third-order valence-corrected chi connectivity index (χ3v) is 4.43. The van der Waals surface area contributed by atoms with E-state index in [-0.39, 0.29) is 17.7 Å². The Morgan fingerprint density at radius 2 is 2.05 bits per heavy atom. The van der Waals surface area contributed by atoms with E-state index in [1.807, 2.05) is 26.0 Å². The van der Waals surface area contributed by atoms with E-state index < -0.39 is 0 Å². The maximum Gasteiger partial charge on any atom is 0.270 e. The first kappa shape index (κ1) is 14.6. The van der Waals surface area contributed by atoms with E-state index in [1.165, 1.54) is 0 Å². The fourth-order valence-electron chi connectivity index (χ4n) is 3.28. The number of hydrogen-bond acceptors (Lipinski definition) is 2. The molecule has 116 valence electrons. The Bertz CT molecular complexity index is 748. The highest BCUT2D eigenvalue weighted by atomic mass is 16.2. The van der Waals surface area contributed by atoms with Crippen molar-refractivity contribution < 1.29 is 9.59 Å². The van der Waals surface area contributed by atoms with Crippen LogP contribution in [0.15, 0.2) is 18.2 Å². The van der Waals surface area contributed by atoms with E-state index in [0.29, 0.717) is 18.8 Å². The van der Waals surface area contributed by atoms with Gasteiger partial charge in [-0.25, -0.2) is 0 Å². The minimum atomic E-state index is -0.319. The van der Waals surface area contributed by atoms with E-state index in [4.69, 9.17) is 5.73 Å². The van der Waals surface area contributed by atoms with Crippen molar-refractivity contribution in [2.75, 3.05) is 13.1 Å². The zero-order chi connectivity index (χ0) is 15.9. The zero-order valence-electron chi connectivity index (χ0n) is 13.0. The van der Waals surface area contributed by atoms with Gasteiger partial charge in [-0.15, -0.1) is 0 Å². The van der Waals surface area contributed by atoms with Crippen molar-refractivity contribution in [1.29, 1.82) is 0 Å². The van der Waals surface area contributed by atoms with E-state index >= 15 is 0 Å². The van der Waals surface area contributed by atoms with Crippen molar-refractivity contribution >= 4 is 22.7 Å². The van der Waals surface area contributed by atoms with Gasteiger partial charge < -0.3 is 15.6 Å². The van der Waals surface area contributed by atoms with Crippen LogP contribution in [0.2, 0.25) is 0 Å². The highest BCUT2D eigenvalue weighted by Gasteiger charge is 2.28. The van der Waals surface area contributed by atoms with Gasteiger partial charge in [-0.1, -0.05) is 6.07 Å². The summed E-state index contributed by atoms with van der Waals surface area (Å²) in [5.41, 5.74) is 9.25. The largest absolute Gasteiger partial charge is 0.369 e. The Balaban J connectivity index is 1.89. The standard InChI is InChI=1S/C17H21N3O2/c1-10-6-11(2)13-8-15(19-14(13)7-10)17(22)20-5-3-4-12(9-20)16(18)21/h6-8,12,19H,3-5,9H2,1-2H3,(H2,18,21). The van der Waals surface area contributed by atoms with Gasteiger partial charge in [0.1, 0.15) is 5.69 Å². The number of hydrogen-bond donors (Lipinski definition) is 2. The number of amides is 2. The fraction of sp³-hybridized carbons (Fsp3) is 0.412. The summed E-state index contributed by atoms with van der Waals surface area (Å²) in [7, 11) is 0. The molecule has 3 rings (SSSR count). The fourth-order valence-corrected chi connectivity index (χ4v) is 3.28. The predicted octanol–water partition coefficient (Wildman–Crippen LogP) is 2.12. The molecule has 2 amide bonds. The molecule has 0 spiro atoms. The summed E-state index contributed by atoms with van der Waals surface area (Å²) in [6.07, 6.45) is 1.59. The van der Waals surface area contributed by atoms with E-state index in [0.717, 1.165) is 34.9 Å². The third kappa shape index (κ3) is 2.58. The van der Waals surface area contributed by atoms with Gasteiger partial charge in [-0.05, 0) is 49.9 Å². The Morgan fingerprint density at radius 1 is 1.27 bits per heavy atom. The minimum Gasteiger partial charge on any atom is -0.369 e. The second-order valence-corrected chi connectivity index (χ2v) is 6.22. The maximum atomic E-state index is 12.7. The smallest absolute Gasteiger partial charge is 0.270 e. The van der Waals surface area contributed by atoms with Crippen LogP contribution in [-0.4, -0.2) is 34.8 Å². The Hall–Kier alpha value is -2.30. The number of aryl methyl sites for hydroxylation is 2. The summed E-state index contributed by atoms with van der Waals surface area (Å²) in [4.78, 5) is 29.0. The molecule has 5 heteroatoms. The van der Waals surface area contributed by atoms with Gasteiger partial charge in [-0.2, -0.15) is 0 Å². The van der Waals surface area contributed by atoms with Crippen LogP contribution in [0, 0.1) is 19.8 Å². The van der Waals surface area contributed by atoms with Crippen molar-refractivity contribution in [2.45, 2.75) is 26.7 Å². The van der Waals surface area contributed by atoms with Crippen molar-refractivity contribution in [3.63, 3.8) is 0 Å². The summed E-state index contributed by atoms with van der Waals surface area (Å²) in [6.45, 7) is 5.18. The van der Waals surface area contributed by atoms with Gasteiger partial charge in [-0.3, -0.25) is 9.59 Å². The number of carbonyl (C=O) groups excluding carboxylic acids is 2. The van der Waals surface area contributed by atoms with E-state index in [1.54, 1.807) is 4.90 Å². The van der Waals surface area contributed by atoms with E-state index in [9.17, 15) is 9.59 Å². The van der Waals surface area contributed by atoms with Crippen LogP contribution in [0.1, 0.15) is 34.5 Å². The number of carbonyl (C=O) groups is 2. The SMILES string of the molecule is Cc1cc(C)c2cc(C(=O)N3CCCC(C(N)=O)C3)[nH]c2c1. The average molecular weight is 299 g/mol. The monoisotopic (exact) mass is 299 g/mol. The average Bonchev–Trinajstić information content (AvgIpc) is 2.90. The molecular weight excluding hydrogens is 278 g/mol. The summed E-state index contributed by atoms with van der Waals surface area (Å²) >= 11 is 0. The predicted molar refractivity (Wildman–Crippen MR) is 85.6 cm³/mol. The number of primary amides is 1. The number of piperidine rings is 1. The van der Waals surface area contributed by atoms with Crippen LogP contribution >= 0.6 is 0 Å². The molecule has 22 heavy (non-hydrogen) atoms. The molecule has 1 aromatic carbocycles. The molecule has 1 atom stereocenters. The van der Waals surface area contributed by atoms with Gasteiger partial charge in [0.25, 0.3) is 5.91 Å². The maximum absolute atomic E-state index is 12.7. The van der Waals surface area contributed by atoms with Gasteiger partial charge >= 0.3 is 0 Å². The van der Waals surface area contributed by atoms with Crippen LogP contribution in [0.4, 0.5) is 0 Å². The number of benzene rings is 1. The number of aromatic nitrogens is 1. The summed E-state index contributed by atoms with van der Waals surface area (Å²) in [5.74, 6) is -0.606. The molecule has 2 aromatic rings. The van der Waals surface area contributed by atoms with Crippen LogP contribution in [0.3, 0.4) is 0 Å². The molecule has 0 bridgehead atoms. The molecule has 1 aliphatic rings. The lowest BCUT2D eigenvalue weighted by atomic mass is 9.97. The molecule has 1 saturated heterocycles. The number of nitrogens with one attached hydrogen (secondary N) is 1. The molecule has 2 heterocycles. The van der Waals surface area contributed by atoms with Gasteiger partial charge in [0, 0.05) is 24.0 Å². The van der Waals surface area contributed by atoms with Crippen molar-refractivity contribution in [2.24, 2.45) is 11.7 Å². The molecule has 0 saturated carbocycles. The highest BCUT2D eigenvalue weighted by molar-refractivity contribution is 5.99. The van der Waals surface area contributed by atoms with Crippen LogP contribution in [-0.2, 0) is 4.79 Å². The van der Waals surface area contributed by atoms with Crippen molar-refractivity contribution in [3.05, 3.63) is 35.0 Å². The highest BCUT2D eigenvalue weighted by Crippen LogP contribution is 2.24. The van der Waals surface area contributed by atoms with Crippen LogP contribution < -0.4 is 5.73 Å². The summed E-state index contributed by atoms with van der Waals surface area (Å²) in [6, 6.07) is 6.05. The first-order valence-corrected chi connectivity index (χ1v) is 7.64. The number of nitrogens with two attached hydrogens (primary N) is 1. The number of nitrogens with zero attached hydrogens (tertiary/aromatic N) is 1. The second kappa shape index (κ2) is 5.48. The number of fused-ring (bicyclic) bond motifs is 1. The Labute approximate surface area is 129 Å². The number of likely N-dealkylation sites (tertiary alicyclic amines) is 1. The molecule has 1 fully saturated rings. The van der Waals surface area contributed by atoms with Crippen LogP contribution in [0.5, 0.6) is 0 Å². The molecular formula is C17H21N3O2. The van der Waals surface area contributed by atoms with Gasteiger partial charge in [0.2, 0.25) is 5.91 Å². The van der Waals surface area contributed by atoms with Crippen molar-refractivity contribution in [3.8, 4) is 0 Å². The first-order valence-electron chi connectivity index (χ1n) is 7.64. The number of aromatic amines is 1. The summed E-state index contributed by atoms with van der Waals surface area (Å²) in [5, 5.41) is 1.07. The lowest BCUT2D eigenvalue weighted by molar-refractivity contribution is -0.123. The molecule has 1 unspecified atom stereocenters. The first-order chi connectivity index (χ1) is 10.5. The van der Waals surface area contributed by atoms with Crippen molar-refractivity contribution in [1.82, 2.24) is 9.88 Å². The summed E-state index contributed by atoms with van der Waals surface area (Å²) < 4.78 is 0. The Kier molecular flexibility index (Phi) is 3.64. The topological polar surface area (TPSA) is 79.2 Å². The molecule has 3 N–H and O–H groups in total. The third-order valence-electron chi connectivity index (χ3n) is 4.43. The zero-order valence-corrected chi connectivity index (χ0v) is 13.0.